The van der Waals surface area contributed by atoms with Crippen molar-refractivity contribution in [2.45, 2.75) is 0 Å². The van der Waals surface area contributed by atoms with Crippen molar-refractivity contribution in [3.8, 4) is 0 Å². The number of nitrogens with zero attached hydrogens (tertiary/aromatic N) is 1. The van der Waals surface area contributed by atoms with E-state index in [1.807, 2.05) is 54.1 Å². The van der Waals surface area contributed by atoms with E-state index in [9.17, 15) is 4.79 Å². The van der Waals surface area contributed by atoms with E-state index >= 15 is 0 Å². The third-order valence-electron chi connectivity index (χ3n) is 4.06. The zero-order valence-electron chi connectivity index (χ0n) is 11.4. The van der Waals surface area contributed by atoms with Gasteiger partial charge in [-0.25, -0.2) is 0 Å². The van der Waals surface area contributed by atoms with Crippen molar-refractivity contribution in [1.29, 1.82) is 0 Å². The minimum atomic E-state index is 0.0741. The molecule has 4 rings (SSSR count). The Morgan fingerprint density at radius 3 is 2.24 bits per heavy atom. The highest BCUT2D eigenvalue weighted by Gasteiger charge is 2.13. The molecule has 1 heterocycles. The molecule has 0 amide bonds. The van der Waals surface area contributed by atoms with Crippen LogP contribution in [0.3, 0.4) is 0 Å². The molecule has 4 aromatic rings. The molecule has 0 N–H and O–H groups in total. The summed E-state index contributed by atoms with van der Waals surface area (Å²) < 4.78 is 2.94. The number of aryl methyl sites for hydroxylation is 1. The summed E-state index contributed by atoms with van der Waals surface area (Å²) in [6.45, 7) is 0. The Balaban J connectivity index is 2.45. The van der Waals surface area contributed by atoms with Crippen molar-refractivity contribution in [3.63, 3.8) is 0 Å². The van der Waals surface area contributed by atoms with Crippen molar-refractivity contribution in [3.05, 3.63) is 69.3 Å². The standard InChI is InChI=1S/C18H12BrNO/c1-20-16-9-5-4-7-12(16)14-10-15(19)11-6-2-3-8-13(11)18(21)17(14)20/h2-10H,1H3. The summed E-state index contributed by atoms with van der Waals surface area (Å²) in [6, 6.07) is 17.9. The number of rotatable bonds is 0. The quantitative estimate of drug-likeness (QED) is 0.459. The molecule has 0 bridgehead atoms. The van der Waals surface area contributed by atoms with Crippen molar-refractivity contribution in [2.24, 2.45) is 7.05 Å². The normalized spacial score (nSPS) is 11.5. The van der Waals surface area contributed by atoms with Gasteiger partial charge in [0.25, 0.3) is 0 Å². The van der Waals surface area contributed by atoms with Gasteiger partial charge in [-0.1, -0.05) is 58.4 Å². The number of fused-ring (bicyclic) bond motifs is 4. The molecule has 0 saturated heterocycles. The first-order valence-electron chi connectivity index (χ1n) is 6.77. The number of hydrogen-bond donors (Lipinski definition) is 0. The fourth-order valence-electron chi connectivity index (χ4n) is 3.06. The van der Waals surface area contributed by atoms with E-state index in [1.54, 1.807) is 0 Å². The highest BCUT2D eigenvalue weighted by molar-refractivity contribution is 9.10. The van der Waals surface area contributed by atoms with Crippen LogP contribution in [0.25, 0.3) is 32.6 Å². The van der Waals surface area contributed by atoms with E-state index in [1.165, 1.54) is 0 Å². The first kappa shape index (κ1) is 12.6. The molecule has 21 heavy (non-hydrogen) atoms. The van der Waals surface area contributed by atoms with E-state index in [0.29, 0.717) is 0 Å². The maximum absolute atomic E-state index is 13.0. The van der Waals surface area contributed by atoms with Crippen LogP contribution in [-0.4, -0.2) is 4.57 Å². The number of halogens is 1. The van der Waals surface area contributed by atoms with Gasteiger partial charge in [-0.15, -0.1) is 0 Å². The van der Waals surface area contributed by atoms with Crippen molar-refractivity contribution in [2.75, 3.05) is 0 Å². The third-order valence-corrected chi connectivity index (χ3v) is 4.72. The lowest BCUT2D eigenvalue weighted by Crippen LogP contribution is -2.03. The first-order valence-corrected chi connectivity index (χ1v) is 7.56. The van der Waals surface area contributed by atoms with E-state index in [0.717, 1.165) is 37.1 Å². The highest BCUT2D eigenvalue weighted by atomic mass is 79.9. The average Bonchev–Trinajstić information content (AvgIpc) is 2.73. The van der Waals surface area contributed by atoms with Gasteiger partial charge in [-0.05, 0) is 17.5 Å². The molecule has 1 aromatic heterocycles. The van der Waals surface area contributed by atoms with Gasteiger partial charge >= 0.3 is 0 Å². The Bertz CT molecular complexity index is 1080. The van der Waals surface area contributed by atoms with E-state index in [2.05, 4.69) is 28.1 Å². The number of aromatic nitrogens is 1. The lowest BCUT2D eigenvalue weighted by atomic mass is 10.2. The van der Waals surface area contributed by atoms with Crippen LogP contribution in [0.15, 0.2) is 63.9 Å². The number of benzene rings is 2. The Morgan fingerprint density at radius 2 is 1.48 bits per heavy atom. The topological polar surface area (TPSA) is 22.0 Å². The zero-order chi connectivity index (χ0) is 14.6. The SMILES string of the molecule is Cn1c2ccccc2c2cc(Br)c3ccccc3c(=O)c21. The van der Waals surface area contributed by atoms with E-state index < -0.39 is 0 Å². The zero-order valence-corrected chi connectivity index (χ0v) is 13.0. The predicted octanol–water partition coefficient (Wildman–Crippen LogP) is 4.61. The lowest BCUT2D eigenvalue weighted by Gasteiger charge is -1.96. The van der Waals surface area contributed by atoms with Crippen molar-refractivity contribution < 1.29 is 0 Å². The number of hydrogen-bond acceptors (Lipinski definition) is 1. The first-order chi connectivity index (χ1) is 10.2. The summed E-state index contributed by atoms with van der Waals surface area (Å²) in [6.07, 6.45) is 0. The largest absolute Gasteiger partial charge is 0.340 e. The van der Waals surface area contributed by atoms with Crippen LogP contribution in [0.5, 0.6) is 0 Å². The molecule has 2 nitrogen and oxygen atoms in total. The summed E-state index contributed by atoms with van der Waals surface area (Å²) in [5.74, 6) is 0. The Kier molecular flexibility index (Phi) is 2.66. The van der Waals surface area contributed by atoms with Crippen LogP contribution >= 0.6 is 15.9 Å². The van der Waals surface area contributed by atoms with Crippen molar-refractivity contribution >= 4 is 48.5 Å². The van der Waals surface area contributed by atoms with Crippen LogP contribution in [0.4, 0.5) is 0 Å². The van der Waals surface area contributed by atoms with Gasteiger partial charge in [-0.3, -0.25) is 4.79 Å². The smallest absolute Gasteiger partial charge is 0.210 e. The molecular formula is C18H12BrNO. The molecule has 0 atom stereocenters. The van der Waals surface area contributed by atoms with Gasteiger partial charge in [0.05, 0.1) is 5.52 Å². The second-order valence-electron chi connectivity index (χ2n) is 5.21. The summed E-state index contributed by atoms with van der Waals surface area (Å²) in [4.78, 5) is 13.0. The maximum Gasteiger partial charge on any atom is 0.210 e. The monoisotopic (exact) mass is 337 g/mol. The Morgan fingerprint density at radius 1 is 0.857 bits per heavy atom. The summed E-state index contributed by atoms with van der Waals surface area (Å²) in [5.41, 5.74) is 1.90. The molecule has 0 fully saturated rings. The summed E-state index contributed by atoms with van der Waals surface area (Å²) in [7, 11) is 1.95. The molecule has 102 valence electrons. The second kappa shape index (κ2) is 4.43. The highest BCUT2D eigenvalue weighted by Crippen LogP contribution is 2.30. The maximum atomic E-state index is 13.0. The van der Waals surface area contributed by atoms with Crippen LogP contribution in [-0.2, 0) is 7.05 Å². The molecule has 3 heteroatoms. The molecule has 0 saturated carbocycles. The minimum absolute atomic E-state index is 0.0741. The Labute approximate surface area is 129 Å². The van der Waals surface area contributed by atoms with Gasteiger partial charge < -0.3 is 4.57 Å². The fraction of sp³-hybridized carbons (Fsp3) is 0.0556. The Hall–Kier alpha value is -2.13. The van der Waals surface area contributed by atoms with Gasteiger partial charge in [0.15, 0.2) is 0 Å². The molecule has 0 radical (unpaired) electrons. The molecule has 0 aliphatic rings. The summed E-state index contributed by atoms with van der Waals surface area (Å²) >= 11 is 3.63. The second-order valence-corrected chi connectivity index (χ2v) is 6.06. The molecule has 0 aliphatic carbocycles. The van der Waals surface area contributed by atoms with Crippen LogP contribution < -0.4 is 5.43 Å². The van der Waals surface area contributed by atoms with Gasteiger partial charge in [0, 0.05) is 33.2 Å². The molecule has 0 spiro atoms. The predicted molar refractivity (Wildman–Crippen MR) is 91.9 cm³/mol. The van der Waals surface area contributed by atoms with Gasteiger partial charge in [0.1, 0.15) is 0 Å². The van der Waals surface area contributed by atoms with E-state index in [-0.39, 0.29) is 5.43 Å². The third kappa shape index (κ3) is 1.67. The van der Waals surface area contributed by atoms with Crippen LogP contribution in [0.1, 0.15) is 0 Å². The van der Waals surface area contributed by atoms with Crippen LogP contribution in [0.2, 0.25) is 0 Å². The molecular weight excluding hydrogens is 326 g/mol. The molecule has 3 aromatic carbocycles. The van der Waals surface area contributed by atoms with Gasteiger partial charge in [-0.2, -0.15) is 0 Å². The van der Waals surface area contributed by atoms with Crippen LogP contribution in [0, 0.1) is 0 Å². The average molecular weight is 338 g/mol. The van der Waals surface area contributed by atoms with E-state index in [4.69, 9.17) is 0 Å². The lowest BCUT2D eigenvalue weighted by molar-refractivity contribution is 1.01. The minimum Gasteiger partial charge on any atom is -0.340 e. The molecule has 0 aliphatic heterocycles. The number of para-hydroxylation sites is 1. The molecule has 0 unspecified atom stereocenters. The van der Waals surface area contributed by atoms with Gasteiger partial charge in [0.2, 0.25) is 5.43 Å². The fourth-order valence-corrected chi connectivity index (χ4v) is 3.64. The summed E-state index contributed by atoms with van der Waals surface area (Å²) in [5, 5.41) is 3.78. The van der Waals surface area contributed by atoms with Crippen molar-refractivity contribution in [1.82, 2.24) is 4.57 Å².